The number of hydrogen-bond donors (Lipinski definition) is 1. The lowest BCUT2D eigenvalue weighted by atomic mass is 9.72. The topological polar surface area (TPSA) is 61.4 Å². The van der Waals surface area contributed by atoms with Crippen molar-refractivity contribution in [2.45, 2.75) is 70.6 Å². The fourth-order valence-electron chi connectivity index (χ4n) is 3.89. The first-order valence-corrected chi connectivity index (χ1v) is 11.5. The smallest absolute Gasteiger partial charge is 0.328 e. The summed E-state index contributed by atoms with van der Waals surface area (Å²) in [6.07, 6.45) is 5.64. The molecule has 1 N–H and O–H groups in total. The van der Waals surface area contributed by atoms with Gasteiger partial charge < -0.3 is 9.29 Å². The van der Waals surface area contributed by atoms with E-state index in [-0.39, 0.29) is 11.9 Å². The number of carbonyl (C=O) groups is 1. The first kappa shape index (κ1) is 23.0. The van der Waals surface area contributed by atoms with Gasteiger partial charge in [0.25, 0.3) is 0 Å². The Balaban J connectivity index is 2.41. The Morgan fingerprint density at radius 1 is 1.25 bits per heavy atom. The van der Waals surface area contributed by atoms with Crippen molar-refractivity contribution in [3.63, 3.8) is 0 Å². The molecule has 0 saturated heterocycles. The van der Waals surface area contributed by atoms with Crippen LogP contribution < -0.4 is 4.72 Å². The Morgan fingerprint density at radius 2 is 1.86 bits per heavy atom. The molecule has 1 fully saturated rings. The summed E-state index contributed by atoms with van der Waals surface area (Å²) in [5, 5.41) is 0. The maximum Gasteiger partial charge on any atom is 0.328 e. The zero-order valence-corrected chi connectivity index (χ0v) is 18.5. The van der Waals surface area contributed by atoms with Gasteiger partial charge in [-0.3, -0.25) is 4.79 Å². The number of carbonyl (C=O) groups excluding carboxylic acids is 1. The van der Waals surface area contributed by atoms with E-state index in [4.69, 9.17) is 4.74 Å². The van der Waals surface area contributed by atoms with Crippen LogP contribution in [-0.2, 0) is 20.9 Å². The molecule has 0 spiro atoms. The molecule has 0 aliphatic heterocycles. The van der Waals surface area contributed by atoms with Crippen LogP contribution >= 0.6 is 0 Å². The van der Waals surface area contributed by atoms with Crippen molar-refractivity contribution in [2.24, 2.45) is 11.8 Å². The zero-order chi connectivity index (χ0) is 20.7. The molecule has 5 heteroatoms. The van der Waals surface area contributed by atoms with Crippen LogP contribution in [0.5, 0.6) is 0 Å². The van der Waals surface area contributed by atoms with Crippen LogP contribution in [0.15, 0.2) is 36.9 Å². The fraction of sp³-hybridized carbons (Fsp3) is 0.609. The maximum absolute atomic E-state index is 13.0. The average molecular weight is 406 g/mol. The minimum Gasteiger partial charge on any atom is -0.598 e. The second-order valence-electron chi connectivity index (χ2n) is 8.54. The van der Waals surface area contributed by atoms with Gasteiger partial charge in [0, 0.05) is 17.3 Å². The molecular weight excluding hydrogens is 370 g/mol. The molecule has 0 amide bonds. The highest BCUT2D eigenvalue weighted by atomic mass is 32.2. The average Bonchev–Trinajstić information content (AvgIpc) is 2.68. The molecule has 0 aromatic heterocycles. The third kappa shape index (κ3) is 6.10. The standard InChI is InChI=1S/C23H35NO3S/c1-6-27-22(25)21(24-28(26)23(3,4)5)20(19-15-11-8-12-16-19)17(2)18-13-9-7-10-14-18/h7,9-10,13-14,19-21,24H,2,6,8,11-12,15-16H2,1,3-5H3/t20?,21-,28?/m1/s1. The predicted molar refractivity (Wildman–Crippen MR) is 117 cm³/mol. The summed E-state index contributed by atoms with van der Waals surface area (Å²) in [5.74, 6) is -0.166. The van der Waals surface area contributed by atoms with Crippen molar-refractivity contribution in [1.82, 2.24) is 4.72 Å². The van der Waals surface area contributed by atoms with Crippen molar-refractivity contribution >= 4 is 22.9 Å². The van der Waals surface area contributed by atoms with Crippen LogP contribution in [-0.4, -0.2) is 27.9 Å². The first-order chi connectivity index (χ1) is 13.3. The Bertz CT molecular complexity index is 635. The summed E-state index contributed by atoms with van der Waals surface area (Å²) in [6, 6.07) is 9.33. The molecule has 3 atom stereocenters. The first-order valence-electron chi connectivity index (χ1n) is 10.3. The van der Waals surface area contributed by atoms with E-state index in [1.165, 1.54) is 6.42 Å². The van der Waals surface area contributed by atoms with E-state index < -0.39 is 22.2 Å². The van der Waals surface area contributed by atoms with E-state index in [0.717, 1.165) is 36.8 Å². The Labute approximate surface area is 173 Å². The van der Waals surface area contributed by atoms with E-state index in [0.29, 0.717) is 12.5 Å². The van der Waals surface area contributed by atoms with E-state index in [9.17, 15) is 9.35 Å². The van der Waals surface area contributed by atoms with Gasteiger partial charge in [-0.25, -0.2) is 0 Å². The molecule has 2 rings (SSSR count). The zero-order valence-electron chi connectivity index (χ0n) is 17.7. The molecule has 0 radical (unpaired) electrons. The van der Waals surface area contributed by atoms with Gasteiger partial charge in [-0.15, -0.1) is 4.72 Å². The number of esters is 1. The third-order valence-electron chi connectivity index (χ3n) is 5.39. The maximum atomic E-state index is 13.0. The number of benzene rings is 1. The van der Waals surface area contributed by atoms with Gasteiger partial charge in [-0.1, -0.05) is 56.2 Å². The molecule has 1 aliphatic carbocycles. The number of rotatable bonds is 8. The van der Waals surface area contributed by atoms with Crippen LogP contribution in [0.3, 0.4) is 0 Å². The van der Waals surface area contributed by atoms with Crippen molar-refractivity contribution in [2.75, 3.05) is 6.61 Å². The minimum absolute atomic E-state index is 0.145. The second kappa shape index (κ2) is 10.5. The van der Waals surface area contributed by atoms with Crippen LogP contribution in [0.4, 0.5) is 0 Å². The van der Waals surface area contributed by atoms with Gasteiger partial charge in [0.1, 0.15) is 4.75 Å². The molecule has 4 nitrogen and oxygen atoms in total. The van der Waals surface area contributed by atoms with Gasteiger partial charge >= 0.3 is 5.97 Å². The van der Waals surface area contributed by atoms with Crippen molar-refractivity contribution < 1.29 is 14.1 Å². The highest BCUT2D eigenvalue weighted by Gasteiger charge is 2.42. The fourth-order valence-corrected chi connectivity index (χ4v) is 4.72. The van der Waals surface area contributed by atoms with Crippen molar-refractivity contribution in [1.29, 1.82) is 0 Å². The van der Waals surface area contributed by atoms with E-state index in [2.05, 4.69) is 11.3 Å². The van der Waals surface area contributed by atoms with Gasteiger partial charge in [0.2, 0.25) is 0 Å². The number of hydrogen-bond acceptors (Lipinski definition) is 4. The van der Waals surface area contributed by atoms with Gasteiger partial charge in [0.05, 0.1) is 6.61 Å². The lowest BCUT2D eigenvalue weighted by Crippen LogP contribution is -2.53. The molecule has 1 aromatic rings. The van der Waals surface area contributed by atoms with Gasteiger partial charge in [-0.2, -0.15) is 0 Å². The summed E-state index contributed by atoms with van der Waals surface area (Å²) in [6.45, 7) is 12.2. The lowest BCUT2D eigenvalue weighted by Gasteiger charge is -2.37. The summed E-state index contributed by atoms with van der Waals surface area (Å²) in [5.41, 5.74) is 1.94. The molecule has 156 valence electrons. The molecule has 1 aliphatic rings. The number of ether oxygens (including phenoxy) is 1. The molecule has 28 heavy (non-hydrogen) atoms. The molecular formula is C23H35NO3S. The largest absolute Gasteiger partial charge is 0.598 e. The van der Waals surface area contributed by atoms with E-state index in [1.807, 2.05) is 51.1 Å². The Morgan fingerprint density at radius 3 is 2.39 bits per heavy atom. The molecule has 2 unspecified atom stereocenters. The highest BCUT2D eigenvalue weighted by molar-refractivity contribution is 7.90. The van der Waals surface area contributed by atoms with Crippen LogP contribution in [0.25, 0.3) is 5.57 Å². The number of nitrogens with one attached hydrogen (secondary N) is 1. The molecule has 1 aromatic carbocycles. The van der Waals surface area contributed by atoms with Gasteiger partial charge in [0.15, 0.2) is 6.04 Å². The van der Waals surface area contributed by atoms with Crippen LogP contribution in [0.1, 0.15) is 65.4 Å². The molecule has 1 saturated carbocycles. The monoisotopic (exact) mass is 405 g/mol. The summed E-state index contributed by atoms with van der Waals surface area (Å²) in [4.78, 5) is 13.0. The highest BCUT2D eigenvalue weighted by Crippen LogP contribution is 2.40. The Kier molecular flexibility index (Phi) is 8.59. The molecule has 0 heterocycles. The normalized spacial score (nSPS) is 18.9. The third-order valence-corrected chi connectivity index (χ3v) is 6.97. The Hall–Kier alpha value is -1.30. The van der Waals surface area contributed by atoms with Crippen molar-refractivity contribution in [3.8, 4) is 0 Å². The van der Waals surface area contributed by atoms with E-state index >= 15 is 0 Å². The van der Waals surface area contributed by atoms with Gasteiger partial charge in [-0.05, 0) is 57.6 Å². The molecule has 0 bridgehead atoms. The van der Waals surface area contributed by atoms with Crippen LogP contribution in [0, 0.1) is 11.8 Å². The summed E-state index contributed by atoms with van der Waals surface area (Å²) >= 11 is -1.38. The summed E-state index contributed by atoms with van der Waals surface area (Å²) < 4.78 is 20.9. The van der Waals surface area contributed by atoms with E-state index in [1.54, 1.807) is 6.92 Å². The van der Waals surface area contributed by atoms with Crippen molar-refractivity contribution in [3.05, 3.63) is 42.5 Å². The minimum atomic E-state index is -1.38. The lowest BCUT2D eigenvalue weighted by molar-refractivity contribution is -0.146. The second-order valence-corrected chi connectivity index (χ2v) is 10.5. The predicted octanol–water partition coefficient (Wildman–Crippen LogP) is 4.88. The van der Waals surface area contributed by atoms with Crippen LogP contribution in [0.2, 0.25) is 0 Å². The summed E-state index contributed by atoms with van der Waals surface area (Å²) in [7, 11) is 0. The SMILES string of the molecule is C=C(c1ccccc1)C(C1CCCCC1)[C@@H](N[S+]([O-])C(C)(C)C)C(=O)OCC. The quantitative estimate of drug-likeness (QED) is 0.495.